The second-order valence-corrected chi connectivity index (χ2v) is 11.8. The van der Waals surface area contributed by atoms with Gasteiger partial charge in [-0.3, -0.25) is 0 Å². The molecule has 0 aromatic rings. The van der Waals surface area contributed by atoms with E-state index in [2.05, 4.69) is 33.0 Å². The van der Waals surface area contributed by atoms with Gasteiger partial charge in [0.15, 0.2) is 0 Å². The maximum absolute atomic E-state index is 11.7. The van der Waals surface area contributed by atoms with Gasteiger partial charge in [0.2, 0.25) is 0 Å². The molecule has 5 N–H and O–H groups in total. The molecule has 4 rings (SSSR count). The zero-order valence-corrected chi connectivity index (χ0v) is 19.4. The van der Waals surface area contributed by atoms with Gasteiger partial charge in [-0.05, 0) is 97.2 Å². The molecule has 4 saturated carbocycles. The van der Waals surface area contributed by atoms with E-state index in [4.69, 9.17) is 5.73 Å². The highest BCUT2D eigenvalue weighted by Crippen LogP contribution is 2.69. The Morgan fingerprint density at radius 2 is 1.73 bits per heavy atom. The maximum atomic E-state index is 11.7. The summed E-state index contributed by atoms with van der Waals surface area (Å²) >= 11 is 0. The summed E-state index contributed by atoms with van der Waals surface area (Å²) in [6.07, 6.45) is 8.26. The number of aliphatic hydroxyl groups is 2. The van der Waals surface area contributed by atoms with Crippen LogP contribution in [0.4, 0.5) is 4.79 Å². The fourth-order valence-electron chi connectivity index (χ4n) is 9.34. The third-order valence-electron chi connectivity index (χ3n) is 10.7. The van der Waals surface area contributed by atoms with Crippen molar-refractivity contribution in [2.75, 3.05) is 6.54 Å². The molecule has 0 heterocycles. The number of rotatable bonds is 4. The van der Waals surface area contributed by atoms with Crippen LogP contribution in [0.1, 0.15) is 79.1 Å². The molecule has 172 valence electrons. The van der Waals surface area contributed by atoms with Crippen LogP contribution < -0.4 is 11.1 Å². The summed E-state index contributed by atoms with van der Waals surface area (Å²) in [5, 5.41) is 25.0. The molecule has 0 bridgehead atoms. The van der Waals surface area contributed by atoms with E-state index in [0.717, 1.165) is 25.7 Å². The fourth-order valence-corrected chi connectivity index (χ4v) is 9.34. The normalized spacial score (nSPS) is 51.4. The molecule has 11 atom stereocenters. The van der Waals surface area contributed by atoms with Crippen molar-refractivity contribution in [2.24, 2.45) is 58.0 Å². The minimum atomic E-state index is -0.433. The Bertz CT molecular complexity index is 656. The summed E-state index contributed by atoms with van der Waals surface area (Å²) in [4.78, 5) is 11.2. The van der Waals surface area contributed by atoms with Crippen molar-refractivity contribution in [1.82, 2.24) is 5.32 Å². The van der Waals surface area contributed by atoms with Crippen molar-refractivity contribution in [3.05, 3.63) is 0 Å². The lowest BCUT2D eigenvalue weighted by Crippen LogP contribution is -2.62. The van der Waals surface area contributed by atoms with Gasteiger partial charge in [0.05, 0.1) is 12.2 Å². The number of nitrogens with one attached hydrogen (secondary N) is 1. The zero-order chi connectivity index (χ0) is 21.8. The third-order valence-corrected chi connectivity index (χ3v) is 10.7. The first-order chi connectivity index (χ1) is 14.1. The number of carbonyl (C=O) groups is 1. The SMILES string of the molecule is CC[C@@H]1C2C[C@H](O)CC[C@@]2(C)[C@H]2CCC3(C)[C@@H]([C@H](C)CNC(N)=O)CC[C@H]3C2[C@@H]1O. The molecular weight excluding hydrogens is 376 g/mol. The Hall–Kier alpha value is -0.810. The highest BCUT2D eigenvalue weighted by Gasteiger charge is 2.64. The number of carbonyl (C=O) groups excluding carboxylic acids is 1. The van der Waals surface area contributed by atoms with Gasteiger partial charge in [0, 0.05) is 6.54 Å². The highest BCUT2D eigenvalue weighted by atomic mass is 16.3. The van der Waals surface area contributed by atoms with E-state index in [0.29, 0.717) is 48.0 Å². The second-order valence-electron chi connectivity index (χ2n) is 11.8. The lowest BCUT2D eigenvalue weighted by molar-refractivity contribution is -0.203. The van der Waals surface area contributed by atoms with Crippen molar-refractivity contribution in [1.29, 1.82) is 0 Å². The predicted molar refractivity (Wildman–Crippen MR) is 119 cm³/mol. The van der Waals surface area contributed by atoms with E-state index < -0.39 is 6.03 Å². The van der Waals surface area contributed by atoms with E-state index in [1.54, 1.807) is 0 Å². The van der Waals surface area contributed by atoms with Crippen molar-refractivity contribution in [3.63, 3.8) is 0 Å². The van der Waals surface area contributed by atoms with Gasteiger partial charge >= 0.3 is 6.03 Å². The van der Waals surface area contributed by atoms with Crippen molar-refractivity contribution in [3.8, 4) is 0 Å². The fraction of sp³-hybridized carbons (Fsp3) is 0.960. The second kappa shape index (κ2) is 7.95. The summed E-state index contributed by atoms with van der Waals surface area (Å²) in [5.41, 5.74) is 5.81. The summed E-state index contributed by atoms with van der Waals surface area (Å²) in [6.45, 7) is 10.1. The van der Waals surface area contributed by atoms with E-state index in [1.165, 1.54) is 25.7 Å². The summed E-state index contributed by atoms with van der Waals surface area (Å²) < 4.78 is 0. The Balaban J connectivity index is 1.61. The molecule has 0 aliphatic heterocycles. The number of hydrogen-bond acceptors (Lipinski definition) is 3. The van der Waals surface area contributed by atoms with Gasteiger partial charge < -0.3 is 21.3 Å². The van der Waals surface area contributed by atoms with Crippen LogP contribution in [0.15, 0.2) is 0 Å². The number of nitrogens with two attached hydrogens (primary N) is 1. The van der Waals surface area contributed by atoms with Crippen molar-refractivity contribution in [2.45, 2.75) is 91.3 Å². The lowest BCUT2D eigenvalue weighted by atomic mass is 9.41. The highest BCUT2D eigenvalue weighted by molar-refractivity contribution is 5.71. The molecule has 4 fully saturated rings. The molecular formula is C25H44N2O3. The Kier molecular flexibility index (Phi) is 5.93. The number of amides is 2. The van der Waals surface area contributed by atoms with Crippen molar-refractivity contribution < 1.29 is 15.0 Å². The molecule has 0 spiro atoms. The molecule has 0 saturated heterocycles. The van der Waals surface area contributed by atoms with Crippen molar-refractivity contribution >= 4 is 6.03 Å². The Morgan fingerprint density at radius 1 is 1.07 bits per heavy atom. The molecule has 0 aromatic heterocycles. The van der Waals surface area contributed by atoms with Crippen LogP contribution in [-0.4, -0.2) is 35.0 Å². The first-order valence-corrected chi connectivity index (χ1v) is 12.5. The molecule has 30 heavy (non-hydrogen) atoms. The van der Waals surface area contributed by atoms with E-state index in [-0.39, 0.29) is 23.0 Å². The largest absolute Gasteiger partial charge is 0.393 e. The lowest BCUT2D eigenvalue weighted by Gasteiger charge is -2.64. The number of hydrogen-bond donors (Lipinski definition) is 4. The molecule has 0 aromatic carbocycles. The standard InChI is InChI=1S/C25H44N2O3/c1-5-16-20-12-15(28)8-10-25(20,4)19-9-11-24(3)17(14(2)13-27-23(26)30)6-7-18(24)21(19)22(16)29/h14-22,28-29H,5-13H2,1-4H3,(H3,26,27,30)/t14-,15-,16-,17-,18+,19+,20?,21?,22-,24?,25+/m1/s1. The molecule has 5 heteroatoms. The maximum Gasteiger partial charge on any atom is 0.312 e. The van der Waals surface area contributed by atoms with Crippen LogP contribution in [0.2, 0.25) is 0 Å². The number of fused-ring (bicyclic) bond motifs is 5. The Labute approximate surface area is 182 Å². The molecule has 4 aliphatic rings. The van der Waals surface area contributed by atoms with Gasteiger partial charge in [-0.15, -0.1) is 0 Å². The Morgan fingerprint density at radius 3 is 2.40 bits per heavy atom. The minimum Gasteiger partial charge on any atom is -0.393 e. The van der Waals surface area contributed by atoms with Gasteiger partial charge in [0.1, 0.15) is 0 Å². The number of urea groups is 1. The topological polar surface area (TPSA) is 95.6 Å². The minimum absolute atomic E-state index is 0.191. The van der Waals surface area contributed by atoms with Crippen LogP contribution in [0.25, 0.3) is 0 Å². The average molecular weight is 421 g/mol. The van der Waals surface area contributed by atoms with Crippen LogP contribution in [-0.2, 0) is 0 Å². The first-order valence-electron chi connectivity index (χ1n) is 12.5. The van der Waals surface area contributed by atoms with Gasteiger partial charge in [-0.1, -0.05) is 34.1 Å². The number of aliphatic hydroxyl groups excluding tert-OH is 2. The third kappa shape index (κ3) is 3.30. The molecule has 5 nitrogen and oxygen atoms in total. The molecule has 0 radical (unpaired) electrons. The monoisotopic (exact) mass is 420 g/mol. The quantitative estimate of drug-likeness (QED) is 0.555. The summed E-state index contributed by atoms with van der Waals surface area (Å²) in [7, 11) is 0. The average Bonchev–Trinajstić information content (AvgIpc) is 3.05. The number of primary amides is 1. The van der Waals surface area contributed by atoms with Gasteiger partial charge in [-0.2, -0.15) is 0 Å². The molecule has 2 amide bonds. The predicted octanol–water partition coefficient (Wildman–Crippen LogP) is 3.92. The van der Waals surface area contributed by atoms with Crippen LogP contribution in [0, 0.1) is 52.3 Å². The first kappa shape index (κ1) is 22.4. The van der Waals surface area contributed by atoms with E-state index in [9.17, 15) is 15.0 Å². The summed E-state index contributed by atoms with van der Waals surface area (Å²) in [5.74, 6) is 3.24. The smallest absolute Gasteiger partial charge is 0.312 e. The van der Waals surface area contributed by atoms with Crippen LogP contribution >= 0.6 is 0 Å². The summed E-state index contributed by atoms with van der Waals surface area (Å²) in [6, 6.07) is -0.433. The van der Waals surface area contributed by atoms with Crippen LogP contribution in [0.3, 0.4) is 0 Å². The zero-order valence-electron chi connectivity index (χ0n) is 19.4. The van der Waals surface area contributed by atoms with E-state index in [1.807, 2.05) is 0 Å². The van der Waals surface area contributed by atoms with Gasteiger partial charge in [0.25, 0.3) is 0 Å². The van der Waals surface area contributed by atoms with Gasteiger partial charge in [-0.25, -0.2) is 4.79 Å². The van der Waals surface area contributed by atoms with E-state index >= 15 is 0 Å². The molecule has 4 aliphatic carbocycles. The van der Waals surface area contributed by atoms with Crippen LogP contribution in [0.5, 0.6) is 0 Å². The molecule has 3 unspecified atom stereocenters.